The summed E-state index contributed by atoms with van der Waals surface area (Å²) in [6, 6.07) is 11.1. The van der Waals surface area contributed by atoms with E-state index >= 15 is 0 Å². The van der Waals surface area contributed by atoms with Crippen LogP contribution in [-0.4, -0.2) is 58.7 Å². The Morgan fingerprint density at radius 1 is 1.00 bits per heavy atom. The first kappa shape index (κ1) is 32.0. The molecule has 1 aromatic carbocycles. The molecule has 0 radical (unpaired) electrons. The van der Waals surface area contributed by atoms with Gasteiger partial charge in [0, 0.05) is 37.8 Å². The molecule has 0 saturated carbocycles. The number of halogens is 2. The predicted octanol–water partition coefficient (Wildman–Crippen LogP) is 2.40. The topological polar surface area (TPSA) is 155 Å². The fourth-order valence-electron chi connectivity index (χ4n) is 3.74. The molecule has 0 atom stereocenters. The largest absolute Gasteiger partial charge is 0.494 e. The Kier molecular flexibility index (Phi) is 11.0. The Bertz CT molecular complexity index is 1680. The Morgan fingerprint density at radius 2 is 1.64 bits per heavy atom. The third-order valence-electron chi connectivity index (χ3n) is 5.59. The van der Waals surface area contributed by atoms with Crippen molar-refractivity contribution in [3.8, 4) is 5.75 Å². The van der Waals surface area contributed by atoms with Gasteiger partial charge in [0.2, 0.25) is 0 Å². The molecule has 0 unspecified atom stereocenters. The minimum absolute atomic E-state index is 0.0427. The summed E-state index contributed by atoms with van der Waals surface area (Å²) in [7, 11) is -0.815. The van der Waals surface area contributed by atoms with Gasteiger partial charge in [-0.2, -0.15) is 13.5 Å². The Hall–Kier alpha value is -4.47. The highest BCUT2D eigenvalue weighted by atomic mass is 32.2. The number of nitrogens with zero attached hydrogens (tertiary/aromatic N) is 4. The van der Waals surface area contributed by atoms with E-state index in [2.05, 4.69) is 15.4 Å². The number of benzene rings is 1. The van der Waals surface area contributed by atoms with Crippen LogP contribution >= 0.6 is 0 Å². The van der Waals surface area contributed by atoms with Gasteiger partial charge in [-0.1, -0.05) is 24.3 Å². The van der Waals surface area contributed by atoms with Crippen LogP contribution in [0.4, 0.5) is 8.78 Å². The monoisotopic (exact) mass is 605 g/mol. The van der Waals surface area contributed by atoms with Gasteiger partial charge in [-0.15, -0.1) is 0 Å². The number of amides is 1. The van der Waals surface area contributed by atoms with Gasteiger partial charge in [0.15, 0.2) is 11.6 Å². The molecule has 0 saturated heterocycles. The second kappa shape index (κ2) is 14.4. The van der Waals surface area contributed by atoms with Crippen LogP contribution in [0.5, 0.6) is 5.75 Å². The smallest absolute Gasteiger partial charge is 0.261 e. The van der Waals surface area contributed by atoms with Crippen molar-refractivity contribution in [1.29, 1.82) is 0 Å². The first-order valence-corrected chi connectivity index (χ1v) is 14.1. The van der Waals surface area contributed by atoms with Crippen LogP contribution in [0, 0.1) is 11.6 Å². The zero-order valence-electron chi connectivity index (χ0n) is 23.0. The lowest BCUT2D eigenvalue weighted by Gasteiger charge is -2.08. The number of nitrogens with one attached hydrogen (secondary N) is 1. The maximum atomic E-state index is 14.4. The Labute approximate surface area is 240 Å². The van der Waals surface area contributed by atoms with Crippen LogP contribution in [0.2, 0.25) is 0 Å². The van der Waals surface area contributed by atoms with E-state index in [0.717, 1.165) is 17.2 Å². The van der Waals surface area contributed by atoms with Gasteiger partial charge in [-0.25, -0.2) is 8.78 Å². The highest BCUT2D eigenvalue weighted by molar-refractivity contribution is 7.85. The lowest BCUT2D eigenvalue weighted by Crippen LogP contribution is -2.24. The molecule has 224 valence electrons. The molecule has 0 aliphatic carbocycles. The van der Waals surface area contributed by atoms with Crippen molar-refractivity contribution in [2.75, 3.05) is 20.5 Å². The quantitative estimate of drug-likeness (QED) is 0.259. The van der Waals surface area contributed by atoms with E-state index in [-0.39, 0.29) is 36.7 Å². The lowest BCUT2D eigenvalue weighted by molar-refractivity contribution is 0.0945. The molecule has 42 heavy (non-hydrogen) atoms. The first-order valence-electron chi connectivity index (χ1n) is 12.2. The summed E-state index contributed by atoms with van der Waals surface area (Å²) in [5, 5.41) is 7.12. The number of methoxy groups -OCH3 is 2. The van der Waals surface area contributed by atoms with Crippen LogP contribution in [0.1, 0.15) is 32.9 Å². The number of ether oxygens (including phenoxy) is 2. The summed E-state index contributed by atoms with van der Waals surface area (Å²) in [6.07, 6.45) is 4.88. The van der Waals surface area contributed by atoms with E-state index < -0.39 is 27.7 Å². The van der Waals surface area contributed by atoms with Gasteiger partial charge in [-0.05, 0) is 17.2 Å². The number of rotatable bonds is 10. The van der Waals surface area contributed by atoms with Gasteiger partial charge >= 0.3 is 0 Å². The molecule has 0 spiro atoms. The number of carbonyl (C=O) groups is 1. The van der Waals surface area contributed by atoms with Crippen LogP contribution in [0.3, 0.4) is 0 Å². The second-order valence-electron chi connectivity index (χ2n) is 8.94. The zero-order chi connectivity index (χ0) is 30.9. The average Bonchev–Trinajstić information content (AvgIpc) is 3.32. The van der Waals surface area contributed by atoms with Gasteiger partial charge in [0.1, 0.15) is 11.5 Å². The molecule has 2 N–H and O–H groups in total. The molecule has 0 aliphatic heterocycles. The SMILES string of the molecule is COCc1nn(Cc2ccc(Cn3cc(F)ccc3=O)cc2)cc1C(=O)NCc1nccc(OC)c1F.CS(=O)(=O)O. The van der Waals surface area contributed by atoms with Crippen molar-refractivity contribution in [3.05, 3.63) is 111 Å². The standard InChI is InChI=1S/C26H25F2N5O4.CH4O3S/c1-36-16-22-20(26(35)30-11-21-25(28)23(37-2)9-10-29-21)15-33(31-22)13-18-5-3-17(4-6-18)12-32-14-19(27)7-8-24(32)34;1-5(2,3)4/h3-10,14-15H,11-13,16H2,1-2H3,(H,30,35);1H3,(H,2,3,4). The first-order chi connectivity index (χ1) is 19.9. The third kappa shape index (κ3) is 9.57. The Morgan fingerprint density at radius 3 is 2.26 bits per heavy atom. The fraction of sp³-hybridized carbons (Fsp3) is 0.259. The molecule has 15 heteroatoms. The summed E-state index contributed by atoms with van der Waals surface area (Å²) < 4.78 is 66.7. The summed E-state index contributed by atoms with van der Waals surface area (Å²) in [5.74, 6) is -1.52. The Balaban J connectivity index is 0.000000892. The molecule has 3 heterocycles. The minimum Gasteiger partial charge on any atom is -0.494 e. The highest BCUT2D eigenvalue weighted by Crippen LogP contribution is 2.18. The zero-order valence-corrected chi connectivity index (χ0v) is 23.8. The van der Waals surface area contributed by atoms with Gasteiger partial charge in [0.05, 0.1) is 50.9 Å². The van der Waals surface area contributed by atoms with Gasteiger partial charge in [0.25, 0.3) is 21.6 Å². The number of hydrogen-bond acceptors (Lipinski definition) is 8. The van der Waals surface area contributed by atoms with Gasteiger partial charge in [-0.3, -0.25) is 23.8 Å². The third-order valence-corrected chi connectivity index (χ3v) is 5.59. The molecule has 12 nitrogen and oxygen atoms in total. The molecule has 0 fully saturated rings. The number of aromatic nitrogens is 4. The van der Waals surface area contributed by atoms with E-state index in [1.54, 1.807) is 10.9 Å². The highest BCUT2D eigenvalue weighted by Gasteiger charge is 2.18. The number of hydrogen-bond donors (Lipinski definition) is 2. The van der Waals surface area contributed by atoms with E-state index in [0.29, 0.717) is 24.1 Å². The summed E-state index contributed by atoms with van der Waals surface area (Å²) in [5.41, 5.74) is 2.22. The van der Waals surface area contributed by atoms with Crippen molar-refractivity contribution in [2.24, 2.45) is 0 Å². The number of carbonyl (C=O) groups excluding carboxylic acids is 1. The summed E-state index contributed by atoms with van der Waals surface area (Å²) >= 11 is 0. The van der Waals surface area contributed by atoms with Crippen LogP contribution in [0.15, 0.2) is 65.8 Å². The van der Waals surface area contributed by atoms with Crippen molar-refractivity contribution < 1.29 is 36.0 Å². The van der Waals surface area contributed by atoms with Crippen LogP contribution in [0.25, 0.3) is 0 Å². The second-order valence-corrected chi connectivity index (χ2v) is 10.4. The fourth-order valence-corrected chi connectivity index (χ4v) is 3.74. The lowest BCUT2D eigenvalue weighted by atomic mass is 10.1. The maximum Gasteiger partial charge on any atom is 0.261 e. The molecule has 0 bridgehead atoms. The molecule has 1 amide bonds. The van der Waals surface area contributed by atoms with Crippen molar-refractivity contribution in [1.82, 2.24) is 24.6 Å². The van der Waals surface area contributed by atoms with Gasteiger partial charge < -0.3 is 19.4 Å². The molecule has 4 aromatic rings. The average molecular weight is 606 g/mol. The van der Waals surface area contributed by atoms with E-state index in [1.165, 1.54) is 43.3 Å². The molecular formula is C27H29F2N5O7S. The normalized spacial score (nSPS) is 11.0. The molecular weight excluding hydrogens is 576 g/mol. The molecule has 0 aliphatic rings. The molecule has 4 rings (SSSR count). The van der Waals surface area contributed by atoms with E-state index in [9.17, 15) is 26.8 Å². The minimum atomic E-state index is -3.67. The number of pyridine rings is 2. The van der Waals surface area contributed by atoms with E-state index in [1.807, 2.05) is 24.3 Å². The summed E-state index contributed by atoms with van der Waals surface area (Å²) in [6.45, 7) is 0.595. The van der Waals surface area contributed by atoms with Crippen molar-refractivity contribution in [3.63, 3.8) is 0 Å². The molecule has 3 aromatic heterocycles. The van der Waals surface area contributed by atoms with Crippen LogP contribution < -0.4 is 15.6 Å². The predicted molar refractivity (Wildman–Crippen MR) is 148 cm³/mol. The van der Waals surface area contributed by atoms with Crippen molar-refractivity contribution >= 4 is 16.0 Å². The van der Waals surface area contributed by atoms with Crippen molar-refractivity contribution in [2.45, 2.75) is 26.2 Å². The van der Waals surface area contributed by atoms with E-state index in [4.69, 9.17) is 14.0 Å². The maximum absolute atomic E-state index is 14.4. The summed E-state index contributed by atoms with van der Waals surface area (Å²) in [4.78, 5) is 28.7. The van der Waals surface area contributed by atoms with Crippen LogP contribution in [-0.2, 0) is 41.1 Å².